The predicted octanol–water partition coefficient (Wildman–Crippen LogP) is 39.2. The van der Waals surface area contributed by atoms with Gasteiger partial charge in [-0.05, 0) is 290 Å². The Morgan fingerprint density at radius 2 is 0.291 bits per heavy atom. The van der Waals surface area contributed by atoms with Gasteiger partial charge in [0.1, 0.15) is 34.5 Å². The third-order valence-electron chi connectivity index (χ3n) is 29.6. The van der Waals surface area contributed by atoms with Gasteiger partial charge in [-0.1, -0.05) is 449 Å². The molecule has 0 aromatic heterocycles. The van der Waals surface area contributed by atoms with E-state index in [-0.39, 0.29) is 0 Å². The normalized spacial score (nSPS) is 12.0. The predicted molar refractivity (Wildman–Crippen MR) is 595 cm³/mol. The summed E-state index contributed by atoms with van der Waals surface area (Å²) in [5.74, 6) is 5.25. The number of fused-ring (bicyclic) bond motifs is 21. The Labute approximate surface area is 815 Å². The van der Waals surface area contributed by atoms with Gasteiger partial charge >= 0.3 is 0 Å². The second kappa shape index (κ2) is 33.2. The molecule has 0 saturated carbocycles. The maximum absolute atomic E-state index is 6.79. The molecule has 3 aliphatic rings. The van der Waals surface area contributed by atoms with Crippen LogP contribution in [0, 0.1) is 0 Å². The summed E-state index contributed by atoms with van der Waals surface area (Å²) >= 11 is 0. The summed E-state index contributed by atoms with van der Waals surface area (Å²) in [6.07, 6.45) is 0. The first-order valence-corrected chi connectivity index (χ1v) is 48.6. The molecule has 0 aliphatic carbocycles. The van der Waals surface area contributed by atoms with Gasteiger partial charge in [0, 0.05) is 33.0 Å². The molecule has 3 heteroatoms. The van der Waals surface area contributed by atoms with Gasteiger partial charge < -0.3 is 14.2 Å². The van der Waals surface area contributed by atoms with Gasteiger partial charge in [0.15, 0.2) is 0 Å². The van der Waals surface area contributed by atoms with E-state index in [1.807, 2.05) is 0 Å². The molecule has 3 aliphatic heterocycles. The highest BCUT2D eigenvalue weighted by atomic mass is 16.5. The van der Waals surface area contributed by atoms with Gasteiger partial charge in [-0.15, -0.1) is 0 Å². The molecule has 0 spiro atoms. The van der Waals surface area contributed by atoms with E-state index in [0.717, 1.165) is 67.5 Å². The summed E-state index contributed by atoms with van der Waals surface area (Å²) in [7, 11) is 0. The maximum atomic E-state index is 6.79. The SMILES string of the molecule is c1ccc2c(c1)Oc1ccc(-c3c4ccccc4c(-c4ccc5ccccc5c4)c4ccccc34)c3cccc(c13)-c1ccccc1-2.c1ccc2c(c1)Oc1cccc3c(-c4c5ccccc5c(-c5ccc6ccccc6c5)c5ccccc45)ccc(c13)-c1ccccc1-2.c1ccc2c(c1)Oc1ccccc1-c1ccc(-c3c4ccccc4c(-c4ccc5ccccc5c4)c4ccccc34)c3cccc-2c13. The zero-order valence-electron chi connectivity index (χ0n) is 76.7. The lowest BCUT2D eigenvalue weighted by Crippen LogP contribution is -1.98. The molecule has 0 bridgehead atoms. The highest BCUT2D eigenvalue weighted by molar-refractivity contribution is 6.30. The molecule has 0 atom stereocenters. The molecule has 27 aromatic rings. The van der Waals surface area contributed by atoms with Crippen LogP contribution in [0.25, 0.3) is 263 Å². The Balaban J connectivity index is 0.000000104. The second-order valence-corrected chi connectivity index (χ2v) is 37.2. The van der Waals surface area contributed by atoms with Crippen molar-refractivity contribution in [1.29, 1.82) is 0 Å². The van der Waals surface area contributed by atoms with Crippen molar-refractivity contribution in [2.45, 2.75) is 0 Å². The topological polar surface area (TPSA) is 27.7 Å². The summed E-state index contributed by atoms with van der Waals surface area (Å²) in [5, 5.41) is 29.6. The average Bonchev–Trinajstić information content (AvgIpc) is 0.725. The number of rotatable bonds is 6. The molecule has 654 valence electrons. The van der Waals surface area contributed by atoms with E-state index in [4.69, 9.17) is 14.2 Å². The Bertz CT molecular complexity index is 9400. The lowest BCUT2D eigenvalue weighted by Gasteiger charge is -2.24. The minimum Gasteiger partial charge on any atom is -0.456 e. The third kappa shape index (κ3) is 13.2. The van der Waals surface area contributed by atoms with E-state index in [1.165, 1.54) is 230 Å². The van der Waals surface area contributed by atoms with Crippen LogP contribution in [-0.2, 0) is 0 Å². The first kappa shape index (κ1) is 80.9. The lowest BCUT2D eigenvalue weighted by atomic mass is 9.82. The van der Waals surface area contributed by atoms with Gasteiger partial charge in [0.25, 0.3) is 0 Å². The highest BCUT2D eigenvalue weighted by Crippen LogP contribution is 2.58. The smallest absolute Gasteiger partial charge is 0.135 e. The van der Waals surface area contributed by atoms with Gasteiger partial charge in [-0.25, -0.2) is 0 Å². The fourth-order valence-corrected chi connectivity index (χ4v) is 23.5. The van der Waals surface area contributed by atoms with Crippen LogP contribution in [0.5, 0.6) is 34.5 Å². The largest absolute Gasteiger partial charge is 0.456 e. The quantitative estimate of drug-likeness (QED) is 0.155. The van der Waals surface area contributed by atoms with Crippen molar-refractivity contribution < 1.29 is 14.2 Å². The Hall–Kier alpha value is -18.5. The molecule has 0 unspecified atom stereocenters. The summed E-state index contributed by atoms with van der Waals surface area (Å²) in [6.45, 7) is 0. The number of para-hydroxylation sites is 4. The van der Waals surface area contributed by atoms with E-state index < -0.39 is 0 Å². The van der Waals surface area contributed by atoms with E-state index in [2.05, 4.69) is 510 Å². The van der Waals surface area contributed by atoms with Crippen molar-refractivity contribution in [1.82, 2.24) is 0 Å². The van der Waals surface area contributed by atoms with Gasteiger partial charge in [0.2, 0.25) is 0 Å². The van der Waals surface area contributed by atoms with Crippen LogP contribution in [-0.4, -0.2) is 0 Å². The third-order valence-corrected chi connectivity index (χ3v) is 29.6. The van der Waals surface area contributed by atoms with Crippen molar-refractivity contribution in [3.05, 3.63) is 510 Å². The summed E-state index contributed by atoms with van der Waals surface area (Å²) < 4.78 is 20.2. The van der Waals surface area contributed by atoms with Crippen molar-refractivity contribution in [2.75, 3.05) is 0 Å². The molecule has 0 amide bonds. The molecule has 141 heavy (non-hydrogen) atoms. The molecule has 3 heterocycles. The van der Waals surface area contributed by atoms with Crippen LogP contribution < -0.4 is 14.2 Å². The van der Waals surface area contributed by atoms with Crippen LogP contribution in [0.4, 0.5) is 0 Å². The number of ether oxygens (including phenoxy) is 3. The van der Waals surface area contributed by atoms with E-state index >= 15 is 0 Å². The molecule has 0 N–H and O–H groups in total. The first-order valence-electron chi connectivity index (χ1n) is 48.6. The highest BCUT2D eigenvalue weighted by Gasteiger charge is 2.30. The monoisotopic (exact) mass is 1790 g/mol. The van der Waals surface area contributed by atoms with Gasteiger partial charge in [-0.2, -0.15) is 0 Å². The fourth-order valence-electron chi connectivity index (χ4n) is 23.5. The first-order chi connectivity index (χ1) is 70.0. The number of hydrogen-bond donors (Lipinski definition) is 0. The summed E-state index contributed by atoms with van der Waals surface area (Å²) in [5.41, 5.74) is 28.9. The molecule has 27 aromatic carbocycles. The molecule has 0 fully saturated rings. The van der Waals surface area contributed by atoms with Crippen molar-refractivity contribution in [2.24, 2.45) is 0 Å². The zero-order valence-corrected chi connectivity index (χ0v) is 76.7. The Kier molecular flexibility index (Phi) is 19.0. The number of benzene rings is 27. The molecular formula is C138H84O3. The van der Waals surface area contributed by atoms with Crippen molar-refractivity contribution in [3.63, 3.8) is 0 Å². The Morgan fingerprint density at radius 1 is 0.0993 bits per heavy atom. The van der Waals surface area contributed by atoms with E-state index in [9.17, 15) is 0 Å². The van der Waals surface area contributed by atoms with Crippen LogP contribution in [0.15, 0.2) is 510 Å². The second-order valence-electron chi connectivity index (χ2n) is 37.2. The minimum atomic E-state index is 0.874. The zero-order chi connectivity index (χ0) is 92.7. The van der Waals surface area contributed by atoms with E-state index in [1.54, 1.807) is 0 Å². The summed E-state index contributed by atoms with van der Waals surface area (Å²) in [6, 6.07) is 185. The van der Waals surface area contributed by atoms with Crippen molar-refractivity contribution in [3.8, 4) is 168 Å². The number of hydrogen-bond acceptors (Lipinski definition) is 3. The van der Waals surface area contributed by atoms with Crippen LogP contribution in [0.1, 0.15) is 0 Å². The Morgan fingerprint density at radius 3 is 0.624 bits per heavy atom. The molecule has 0 saturated heterocycles. The molecular weight excluding hydrogens is 1710 g/mol. The molecule has 0 radical (unpaired) electrons. The standard InChI is InChI=1S/3C46H28O/c1-2-13-30-28-31(25-24-29(30)12-1)44-35-16-3-5-18-37(35)46(38-19-6-4-17-36(38)44)41-27-26-40-33-15-8-10-23-43(33)47-42-22-9-7-14-32(42)34-20-11-21-39(41)45(34)40;1-2-13-30-28-31(25-24-29(30)12-1)44-36-17-5-7-19-38(36)45(39-20-8-6-18-37(39)44)41-26-27-43-46-35(21-11-22-40(41)46)33-15-4-3-14-32(33)34-16-9-10-23-42(34)47-43;1-2-13-30-28-31(25-24-29(30)12-1)44-35-17-5-7-19-37(35)45(38-20-8-6-18-36(38)44)41-27-26-40-33-15-4-3-14-32(33)34-16-9-10-22-42(34)47-43-23-11-21-39(41)46(40)43/h3*1-28H. The minimum absolute atomic E-state index is 0.874. The van der Waals surface area contributed by atoms with Crippen molar-refractivity contribution >= 4 is 129 Å². The maximum Gasteiger partial charge on any atom is 0.135 e. The van der Waals surface area contributed by atoms with Crippen LogP contribution in [0.2, 0.25) is 0 Å². The lowest BCUT2D eigenvalue weighted by molar-refractivity contribution is 0.486. The average molecular weight is 1790 g/mol. The molecule has 30 rings (SSSR count). The van der Waals surface area contributed by atoms with Crippen LogP contribution in [0.3, 0.4) is 0 Å². The molecule has 3 nitrogen and oxygen atoms in total. The fraction of sp³-hybridized carbons (Fsp3) is 0. The van der Waals surface area contributed by atoms with Gasteiger partial charge in [-0.3, -0.25) is 0 Å². The van der Waals surface area contributed by atoms with E-state index in [0.29, 0.717) is 0 Å². The summed E-state index contributed by atoms with van der Waals surface area (Å²) in [4.78, 5) is 0. The van der Waals surface area contributed by atoms with Crippen LogP contribution >= 0.6 is 0 Å². The van der Waals surface area contributed by atoms with Gasteiger partial charge in [0.05, 0.1) is 0 Å².